The van der Waals surface area contributed by atoms with Gasteiger partial charge in [0.1, 0.15) is 0 Å². The van der Waals surface area contributed by atoms with Crippen LogP contribution in [0.15, 0.2) is 0 Å². The predicted octanol–water partition coefficient (Wildman–Crippen LogP) is 2.50. The number of ether oxygens (including phenoxy) is 1. The maximum Gasteiger partial charge on any atom is 0.0850 e. The first-order chi connectivity index (χ1) is 8.99. The summed E-state index contributed by atoms with van der Waals surface area (Å²) in [5.41, 5.74) is 6.03. The van der Waals surface area contributed by atoms with Crippen LogP contribution < -0.4 is 5.73 Å². The molecule has 1 aliphatic heterocycles. The number of morpholine rings is 1. The van der Waals surface area contributed by atoms with Crippen molar-refractivity contribution in [2.24, 2.45) is 23.5 Å². The summed E-state index contributed by atoms with van der Waals surface area (Å²) in [6, 6.07) is 0.884. The number of nitrogens with two attached hydrogens (primary N) is 1. The van der Waals surface area contributed by atoms with Gasteiger partial charge in [-0.3, -0.25) is 4.90 Å². The van der Waals surface area contributed by atoms with Crippen molar-refractivity contribution < 1.29 is 4.74 Å². The lowest BCUT2D eigenvalue weighted by Gasteiger charge is -2.47. The van der Waals surface area contributed by atoms with Crippen molar-refractivity contribution >= 4 is 0 Å². The normalized spacial score (nSPS) is 39.5. The van der Waals surface area contributed by atoms with Crippen LogP contribution >= 0.6 is 0 Å². The van der Waals surface area contributed by atoms with Crippen LogP contribution in [0.2, 0.25) is 0 Å². The van der Waals surface area contributed by atoms with Crippen LogP contribution in [0.1, 0.15) is 47.0 Å². The zero-order valence-corrected chi connectivity index (χ0v) is 13.1. The number of rotatable bonds is 3. The Hall–Kier alpha value is -0.120. The fourth-order valence-corrected chi connectivity index (χ4v) is 3.89. The smallest absolute Gasteiger partial charge is 0.0850 e. The molecule has 2 fully saturated rings. The van der Waals surface area contributed by atoms with E-state index in [-0.39, 0.29) is 12.1 Å². The summed E-state index contributed by atoms with van der Waals surface area (Å²) >= 11 is 0. The third-order valence-electron chi connectivity index (χ3n) is 5.17. The lowest BCUT2D eigenvalue weighted by atomic mass is 9.73. The van der Waals surface area contributed by atoms with Crippen LogP contribution in [-0.4, -0.2) is 42.8 Å². The van der Waals surface area contributed by atoms with Crippen molar-refractivity contribution in [1.82, 2.24) is 4.90 Å². The van der Waals surface area contributed by atoms with E-state index in [1.54, 1.807) is 0 Å². The Kier molecular flexibility index (Phi) is 5.27. The van der Waals surface area contributed by atoms with Crippen LogP contribution in [0.4, 0.5) is 0 Å². The molecule has 112 valence electrons. The monoisotopic (exact) mass is 268 g/mol. The first-order valence-electron chi connectivity index (χ1n) is 8.10. The van der Waals surface area contributed by atoms with Gasteiger partial charge < -0.3 is 10.5 Å². The Morgan fingerprint density at radius 3 is 2.58 bits per heavy atom. The Morgan fingerprint density at radius 1 is 1.21 bits per heavy atom. The maximum absolute atomic E-state index is 6.03. The van der Waals surface area contributed by atoms with Crippen molar-refractivity contribution in [3.8, 4) is 0 Å². The number of hydrogen-bond donors (Lipinski definition) is 1. The molecule has 1 aliphatic carbocycles. The summed E-state index contributed by atoms with van der Waals surface area (Å²) in [5, 5.41) is 0. The van der Waals surface area contributed by atoms with Crippen molar-refractivity contribution in [1.29, 1.82) is 0 Å². The molecule has 5 unspecified atom stereocenters. The molecule has 0 spiro atoms. The van der Waals surface area contributed by atoms with Crippen molar-refractivity contribution in [2.75, 3.05) is 19.7 Å². The highest BCUT2D eigenvalue weighted by Crippen LogP contribution is 2.37. The van der Waals surface area contributed by atoms with Gasteiger partial charge in [-0.1, -0.05) is 27.2 Å². The van der Waals surface area contributed by atoms with Crippen LogP contribution in [-0.2, 0) is 4.74 Å². The van der Waals surface area contributed by atoms with E-state index in [0.29, 0.717) is 0 Å². The number of hydrogen-bond acceptors (Lipinski definition) is 3. The molecule has 3 nitrogen and oxygen atoms in total. The lowest BCUT2D eigenvalue weighted by molar-refractivity contribution is -0.0726. The zero-order valence-electron chi connectivity index (χ0n) is 13.1. The topological polar surface area (TPSA) is 38.5 Å². The predicted molar refractivity (Wildman–Crippen MR) is 80.1 cm³/mol. The first kappa shape index (κ1) is 15.3. The fourth-order valence-electron chi connectivity index (χ4n) is 3.89. The molecule has 0 aromatic rings. The SMILES string of the molecule is CC1CCC(C(C)C)C(N2CCOC(C(C)N)C2)C1. The minimum atomic E-state index is 0.140. The van der Waals surface area contributed by atoms with Gasteiger partial charge in [0, 0.05) is 25.2 Å². The van der Waals surface area contributed by atoms with E-state index in [4.69, 9.17) is 10.5 Å². The fraction of sp³-hybridized carbons (Fsp3) is 1.00. The third-order valence-corrected chi connectivity index (χ3v) is 5.17. The van der Waals surface area contributed by atoms with E-state index in [2.05, 4.69) is 32.6 Å². The molecule has 2 aliphatic rings. The molecule has 1 saturated heterocycles. The summed E-state index contributed by atoms with van der Waals surface area (Å²) in [7, 11) is 0. The molecule has 19 heavy (non-hydrogen) atoms. The molecular weight excluding hydrogens is 236 g/mol. The van der Waals surface area contributed by atoms with Gasteiger partial charge in [-0.25, -0.2) is 0 Å². The quantitative estimate of drug-likeness (QED) is 0.854. The average Bonchev–Trinajstić information content (AvgIpc) is 2.38. The molecular formula is C16H32N2O. The van der Waals surface area contributed by atoms with E-state index in [0.717, 1.165) is 43.5 Å². The third kappa shape index (κ3) is 3.71. The van der Waals surface area contributed by atoms with Crippen molar-refractivity contribution in [3.63, 3.8) is 0 Å². The van der Waals surface area contributed by atoms with E-state index < -0.39 is 0 Å². The van der Waals surface area contributed by atoms with Gasteiger partial charge in [0.2, 0.25) is 0 Å². The van der Waals surface area contributed by atoms with E-state index in [1.165, 1.54) is 19.3 Å². The molecule has 0 aromatic carbocycles. The zero-order chi connectivity index (χ0) is 14.0. The van der Waals surface area contributed by atoms with Gasteiger partial charge >= 0.3 is 0 Å². The van der Waals surface area contributed by atoms with E-state index in [1.807, 2.05) is 0 Å². The standard InChI is InChI=1S/C16H32N2O/c1-11(2)14-6-5-12(3)9-15(14)18-7-8-19-16(10-18)13(4)17/h11-16H,5-10,17H2,1-4H3. The molecule has 0 aromatic heterocycles. The molecule has 2 rings (SSSR count). The number of nitrogens with zero attached hydrogens (tertiary/aromatic N) is 1. The van der Waals surface area contributed by atoms with Crippen molar-refractivity contribution in [3.05, 3.63) is 0 Å². The first-order valence-corrected chi connectivity index (χ1v) is 8.10. The molecule has 1 saturated carbocycles. The molecule has 5 atom stereocenters. The lowest BCUT2D eigenvalue weighted by Crippen LogP contribution is -2.56. The van der Waals surface area contributed by atoms with Gasteiger partial charge in [0.15, 0.2) is 0 Å². The second kappa shape index (κ2) is 6.55. The Labute approximate surface area is 118 Å². The highest BCUT2D eigenvalue weighted by Gasteiger charge is 2.37. The summed E-state index contributed by atoms with van der Waals surface area (Å²) in [4.78, 5) is 2.68. The minimum Gasteiger partial charge on any atom is -0.374 e. The second-order valence-electron chi connectivity index (χ2n) is 7.16. The summed E-state index contributed by atoms with van der Waals surface area (Å²) < 4.78 is 5.82. The summed E-state index contributed by atoms with van der Waals surface area (Å²) in [6.45, 7) is 12.2. The van der Waals surface area contributed by atoms with Crippen molar-refractivity contribution in [2.45, 2.75) is 65.1 Å². The molecule has 0 radical (unpaired) electrons. The minimum absolute atomic E-state index is 0.140. The molecule has 1 heterocycles. The van der Waals surface area contributed by atoms with E-state index in [9.17, 15) is 0 Å². The highest BCUT2D eigenvalue weighted by molar-refractivity contribution is 4.90. The molecule has 0 amide bonds. The summed E-state index contributed by atoms with van der Waals surface area (Å²) in [6.07, 6.45) is 4.37. The highest BCUT2D eigenvalue weighted by atomic mass is 16.5. The Balaban J connectivity index is 2.03. The Morgan fingerprint density at radius 2 is 1.95 bits per heavy atom. The largest absolute Gasteiger partial charge is 0.374 e. The molecule has 3 heteroatoms. The average molecular weight is 268 g/mol. The van der Waals surface area contributed by atoms with Gasteiger partial charge in [-0.2, -0.15) is 0 Å². The van der Waals surface area contributed by atoms with Crippen LogP contribution in [0.3, 0.4) is 0 Å². The van der Waals surface area contributed by atoms with Gasteiger partial charge in [-0.15, -0.1) is 0 Å². The second-order valence-corrected chi connectivity index (χ2v) is 7.16. The van der Waals surface area contributed by atoms with Gasteiger partial charge in [-0.05, 0) is 37.5 Å². The van der Waals surface area contributed by atoms with Crippen LogP contribution in [0.25, 0.3) is 0 Å². The van der Waals surface area contributed by atoms with Gasteiger partial charge in [0.05, 0.1) is 12.7 Å². The Bertz CT molecular complexity index is 280. The van der Waals surface area contributed by atoms with Gasteiger partial charge in [0.25, 0.3) is 0 Å². The van der Waals surface area contributed by atoms with Crippen LogP contribution in [0.5, 0.6) is 0 Å². The molecule has 0 bridgehead atoms. The molecule has 2 N–H and O–H groups in total. The van der Waals surface area contributed by atoms with Crippen LogP contribution in [0, 0.1) is 17.8 Å². The summed E-state index contributed by atoms with van der Waals surface area (Å²) in [5.74, 6) is 2.51. The maximum atomic E-state index is 6.03. The van der Waals surface area contributed by atoms with E-state index >= 15 is 0 Å².